The Hall–Kier alpha value is -1.61. The number of urea groups is 1. The van der Waals surface area contributed by atoms with Gasteiger partial charge in [-0.15, -0.1) is 11.3 Å². The highest BCUT2D eigenvalue weighted by molar-refractivity contribution is 9.10. The van der Waals surface area contributed by atoms with E-state index in [1.54, 1.807) is 0 Å². The van der Waals surface area contributed by atoms with E-state index in [2.05, 4.69) is 26.2 Å². The summed E-state index contributed by atoms with van der Waals surface area (Å²) in [5.74, 6) is -0.0423. The van der Waals surface area contributed by atoms with Crippen molar-refractivity contribution in [3.05, 3.63) is 21.9 Å². The largest absolute Gasteiger partial charge is 0.338 e. The van der Waals surface area contributed by atoms with Gasteiger partial charge in [0, 0.05) is 43.8 Å². The van der Waals surface area contributed by atoms with Gasteiger partial charge in [-0.05, 0) is 35.2 Å². The lowest BCUT2D eigenvalue weighted by atomic mass is 10.0. The van der Waals surface area contributed by atoms with Crippen LogP contribution in [0.1, 0.15) is 29.8 Å². The van der Waals surface area contributed by atoms with Crippen molar-refractivity contribution in [1.29, 1.82) is 0 Å². The molecular weight excluding hydrogens is 394 g/mol. The number of amides is 3. The van der Waals surface area contributed by atoms with Gasteiger partial charge < -0.3 is 15.1 Å². The number of nitrogens with one attached hydrogen (secondary N) is 1. The molecule has 0 radical (unpaired) electrons. The highest BCUT2D eigenvalue weighted by Gasteiger charge is 2.32. The standard InChI is InChI=1S/C15H18BrN5O2S/c16-12-11(18-15-21(12)8-9-24-15)13(22)19-6-2-10(3-7-19)20-5-1-4-17-14(20)23/h8-10H,1-7H2,(H,17,23). The molecule has 2 aromatic rings. The van der Waals surface area contributed by atoms with E-state index in [4.69, 9.17) is 0 Å². The Morgan fingerprint density at radius 3 is 2.83 bits per heavy atom. The molecule has 2 aliphatic rings. The first kappa shape index (κ1) is 15.9. The number of piperidine rings is 1. The molecule has 2 saturated heterocycles. The first-order chi connectivity index (χ1) is 11.6. The van der Waals surface area contributed by atoms with E-state index < -0.39 is 0 Å². The number of carbonyl (C=O) groups excluding carboxylic acids is 2. The fourth-order valence-corrected chi connectivity index (χ4v) is 4.80. The fraction of sp³-hybridized carbons (Fsp3) is 0.533. The topological polar surface area (TPSA) is 70.0 Å². The molecule has 1 N–H and O–H groups in total. The van der Waals surface area contributed by atoms with E-state index in [-0.39, 0.29) is 18.0 Å². The minimum atomic E-state index is -0.0423. The number of halogens is 1. The van der Waals surface area contributed by atoms with Crippen molar-refractivity contribution in [2.45, 2.75) is 25.3 Å². The maximum atomic E-state index is 12.8. The van der Waals surface area contributed by atoms with E-state index in [1.165, 1.54) is 11.3 Å². The van der Waals surface area contributed by atoms with E-state index in [0.29, 0.717) is 23.4 Å². The first-order valence-corrected chi connectivity index (χ1v) is 9.77. The molecule has 7 nitrogen and oxygen atoms in total. The van der Waals surface area contributed by atoms with Gasteiger partial charge in [0.05, 0.1) is 0 Å². The molecule has 4 rings (SSSR count). The van der Waals surface area contributed by atoms with Crippen molar-refractivity contribution < 1.29 is 9.59 Å². The fourth-order valence-electron chi connectivity index (χ4n) is 3.42. The second kappa shape index (κ2) is 6.36. The molecule has 3 amide bonds. The van der Waals surface area contributed by atoms with Crippen molar-refractivity contribution in [3.63, 3.8) is 0 Å². The maximum absolute atomic E-state index is 12.8. The predicted octanol–water partition coefficient (Wildman–Crippen LogP) is 2.18. The number of imidazole rings is 1. The van der Waals surface area contributed by atoms with E-state index in [9.17, 15) is 9.59 Å². The SMILES string of the molecule is O=C(c1nc2sccn2c1Br)N1CCC(N2CCCNC2=O)CC1. The zero-order valence-corrected chi connectivity index (χ0v) is 15.5. The summed E-state index contributed by atoms with van der Waals surface area (Å²) in [6.07, 6.45) is 4.52. The number of thiazole rings is 1. The van der Waals surface area contributed by atoms with E-state index in [1.807, 2.05) is 25.8 Å². The average Bonchev–Trinajstić information content (AvgIpc) is 3.18. The number of carbonyl (C=O) groups is 2. The molecule has 0 spiro atoms. The third kappa shape index (κ3) is 2.69. The van der Waals surface area contributed by atoms with Gasteiger partial charge in [0.2, 0.25) is 0 Å². The van der Waals surface area contributed by atoms with Crippen LogP contribution in [0.4, 0.5) is 4.79 Å². The molecule has 0 bridgehead atoms. The summed E-state index contributed by atoms with van der Waals surface area (Å²) in [7, 11) is 0. The Morgan fingerprint density at radius 2 is 2.12 bits per heavy atom. The second-order valence-corrected chi connectivity index (χ2v) is 7.73. The Balaban J connectivity index is 1.43. The van der Waals surface area contributed by atoms with Gasteiger partial charge in [-0.1, -0.05) is 0 Å². The molecule has 2 aliphatic heterocycles. The third-order valence-electron chi connectivity index (χ3n) is 4.71. The zero-order valence-electron chi connectivity index (χ0n) is 13.1. The summed E-state index contributed by atoms with van der Waals surface area (Å²) in [4.78, 5) is 33.7. The number of hydrogen-bond donors (Lipinski definition) is 1. The van der Waals surface area contributed by atoms with Crippen LogP contribution >= 0.6 is 27.3 Å². The van der Waals surface area contributed by atoms with Gasteiger partial charge in [0.15, 0.2) is 10.7 Å². The Kier molecular flexibility index (Phi) is 4.21. The molecule has 0 atom stereocenters. The average molecular weight is 412 g/mol. The Bertz CT molecular complexity index is 780. The Morgan fingerprint density at radius 1 is 1.33 bits per heavy atom. The van der Waals surface area contributed by atoms with Crippen molar-refractivity contribution in [2.75, 3.05) is 26.2 Å². The summed E-state index contributed by atoms with van der Waals surface area (Å²) in [5.41, 5.74) is 0.469. The van der Waals surface area contributed by atoms with Crippen LogP contribution in [-0.2, 0) is 0 Å². The summed E-state index contributed by atoms with van der Waals surface area (Å²) in [6.45, 7) is 2.89. The predicted molar refractivity (Wildman–Crippen MR) is 94.4 cm³/mol. The number of nitrogens with zero attached hydrogens (tertiary/aromatic N) is 4. The maximum Gasteiger partial charge on any atom is 0.317 e. The highest BCUT2D eigenvalue weighted by Crippen LogP contribution is 2.25. The Labute approximate surface area is 151 Å². The summed E-state index contributed by atoms with van der Waals surface area (Å²) in [5, 5.41) is 4.84. The lowest BCUT2D eigenvalue weighted by Gasteiger charge is -2.40. The molecule has 0 aromatic carbocycles. The van der Waals surface area contributed by atoms with Gasteiger partial charge in [0.25, 0.3) is 5.91 Å². The summed E-state index contributed by atoms with van der Waals surface area (Å²) >= 11 is 4.98. The van der Waals surface area contributed by atoms with Gasteiger partial charge in [-0.2, -0.15) is 0 Å². The number of rotatable bonds is 2. The van der Waals surface area contributed by atoms with Crippen LogP contribution in [0.15, 0.2) is 16.2 Å². The summed E-state index contributed by atoms with van der Waals surface area (Å²) in [6, 6.07) is 0.256. The van der Waals surface area contributed by atoms with Crippen LogP contribution in [0.3, 0.4) is 0 Å². The number of aromatic nitrogens is 2. The lowest BCUT2D eigenvalue weighted by Crippen LogP contribution is -2.54. The molecular formula is C15H18BrN5O2S. The van der Waals surface area contributed by atoms with Crippen LogP contribution < -0.4 is 5.32 Å². The van der Waals surface area contributed by atoms with Gasteiger partial charge in [-0.3, -0.25) is 9.20 Å². The zero-order chi connectivity index (χ0) is 16.7. The molecule has 2 fully saturated rings. The molecule has 0 unspecified atom stereocenters. The molecule has 0 saturated carbocycles. The molecule has 24 heavy (non-hydrogen) atoms. The minimum Gasteiger partial charge on any atom is -0.338 e. The monoisotopic (exact) mass is 411 g/mol. The van der Waals surface area contributed by atoms with Crippen molar-refractivity contribution >= 4 is 44.2 Å². The van der Waals surface area contributed by atoms with Crippen molar-refractivity contribution in [3.8, 4) is 0 Å². The molecule has 4 heterocycles. The van der Waals surface area contributed by atoms with Crippen LogP contribution in [0.5, 0.6) is 0 Å². The van der Waals surface area contributed by atoms with E-state index in [0.717, 1.165) is 37.3 Å². The number of likely N-dealkylation sites (tertiary alicyclic amines) is 1. The van der Waals surface area contributed by atoms with Crippen molar-refractivity contribution in [2.24, 2.45) is 0 Å². The van der Waals surface area contributed by atoms with Gasteiger partial charge in [-0.25, -0.2) is 9.78 Å². The quantitative estimate of drug-likeness (QED) is 0.822. The van der Waals surface area contributed by atoms with Crippen LogP contribution in [0, 0.1) is 0 Å². The van der Waals surface area contributed by atoms with Gasteiger partial charge >= 0.3 is 6.03 Å². The van der Waals surface area contributed by atoms with Crippen LogP contribution in [-0.4, -0.2) is 63.3 Å². The first-order valence-electron chi connectivity index (χ1n) is 8.10. The van der Waals surface area contributed by atoms with Gasteiger partial charge in [0.1, 0.15) is 4.60 Å². The number of hydrogen-bond acceptors (Lipinski definition) is 4. The second-order valence-electron chi connectivity index (χ2n) is 6.11. The summed E-state index contributed by atoms with van der Waals surface area (Å²) < 4.78 is 2.59. The minimum absolute atomic E-state index is 0.0307. The van der Waals surface area contributed by atoms with E-state index >= 15 is 0 Å². The number of fused-ring (bicyclic) bond motifs is 1. The van der Waals surface area contributed by atoms with Crippen LogP contribution in [0.2, 0.25) is 0 Å². The lowest BCUT2D eigenvalue weighted by molar-refractivity contribution is 0.0637. The highest BCUT2D eigenvalue weighted by atomic mass is 79.9. The molecule has 2 aromatic heterocycles. The normalized spacial score (nSPS) is 19.8. The van der Waals surface area contributed by atoms with Crippen LogP contribution in [0.25, 0.3) is 4.96 Å². The smallest absolute Gasteiger partial charge is 0.317 e. The molecule has 9 heteroatoms. The molecule has 128 valence electrons. The third-order valence-corrected chi connectivity index (χ3v) is 6.23. The van der Waals surface area contributed by atoms with Crippen molar-refractivity contribution in [1.82, 2.24) is 24.5 Å². The molecule has 0 aliphatic carbocycles.